The van der Waals surface area contributed by atoms with Crippen LogP contribution in [0.1, 0.15) is 11.1 Å². The second-order valence-electron chi connectivity index (χ2n) is 6.94. The Labute approximate surface area is 166 Å². The fourth-order valence-electron chi connectivity index (χ4n) is 3.13. The quantitative estimate of drug-likeness (QED) is 0.778. The zero-order valence-electron chi connectivity index (χ0n) is 15.6. The zero-order valence-corrected chi connectivity index (χ0v) is 16.5. The number of amides is 1. The van der Waals surface area contributed by atoms with Crippen LogP contribution in [0, 0.1) is 0 Å². The van der Waals surface area contributed by atoms with Gasteiger partial charge in [0.2, 0.25) is 5.91 Å². The van der Waals surface area contributed by atoms with E-state index in [1.54, 1.807) is 0 Å². The van der Waals surface area contributed by atoms with Gasteiger partial charge in [0.25, 0.3) is 0 Å². The predicted octanol–water partition coefficient (Wildman–Crippen LogP) is 2.34. The van der Waals surface area contributed by atoms with Crippen molar-refractivity contribution in [3.8, 4) is 0 Å². The first kappa shape index (κ1) is 19.5. The Hall–Kier alpha value is -2.28. The van der Waals surface area contributed by atoms with E-state index in [-0.39, 0.29) is 5.91 Å². The molecule has 0 aliphatic carbocycles. The molecule has 2 aromatic carbocycles. The Balaban J connectivity index is 1.49. The summed E-state index contributed by atoms with van der Waals surface area (Å²) in [6.45, 7) is 4.18. The highest BCUT2D eigenvalue weighted by molar-refractivity contribution is 7.80. The summed E-state index contributed by atoms with van der Waals surface area (Å²) >= 11 is 5.30. The van der Waals surface area contributed by atoms with Crippen LogP contribution in [-0.2, 0) is 11.2 Å². The number of rotatable bonds is 5. The van der Waals surface area contributed by atoms with Gasteiger partial charge in [0.05, 0.1) is 6.54 Å². The lowest BCUT2D eigenvalue weighted by atomic mass is 10.0. The molecule has 142 valence electrons. The van der Waals surface area contributed by atoms with Crippen molar-refractivity contribution < 1.29 is 4.79 Å². The summed E-state index contributed by atoms with van der Waals surface area (Å²) in [5.74, 6) is -0.0718. The van der Waals surface area contributed by atoms with Crippen LogP contribution >= 0.6 is 12.2 Å². The Morgan fingerprint density at radius 3 is 2.44 bits per heavy atom. The van der Waals surface area contributed by atoms with Crippen molar-refractivity contribution in [1.82, 2.24) is 15.1 Å². The van der Waals surface area contributed by atoms with Gasteiger partial charge in [-0.25, -0.2) is 0 Å². The average Bonchev–Trinajstić information content (AvgIpc) is 2.64. The number of nitrogens with one attached hydrogen (secondary N) is 2. The van der Waals surface area contributed by atoms with Gasteiger partial charge in [-0.2, -0.15) is 0 Å². The van der Waals surface area contributed by atoms with Crippen molar-refractivity contribution in [3.05, 3.63) is 65.7 Å². The van der Waals surface area contributed by atoms with Crippen molar-refractivity contribution in [3.63, 3.8) is 0 Å². The van der Waals surface area contributed by atoms with Crippen molar-refractivity contribution in [2.24, 2.45) is 0 Å². The molecular weight excluding hydrogens is 356 g/mol. The second-order valence-corrected chi connectivity index (χ2v) is 7.35. The first-order valence-corrected chi connectivity index (χ1v) is 9.64. The molecule has 1 saturated heterocycles. The molecular formula is C21H26N4OS. The standard InChI is InChI=1S/C21H26N4OS/c1-24-10-12-25(13-11-24)16-20(26)23-21(27)22-19-9-5-8-18(15-19)14-17-6-3-2-4-7-17/h2-9,15H,10-14,16H2,1H3,(H2,22,23,26,27). The fourth-order valence-corrected chi connectivity index (χ4v) is 3.36. The molecule has 0 bridgehead atoms. The molecule has 0 atom stereocenters. The van der Waals surface area contributed by atoms with E-state index in [0.29, 0.717) is 11.7 Å². The number of hydrogen-bond acceptors (Lipinski definition) is 4. The third kappa shape index (κ3) is 6.43. The number of likely N-dealkylation sites (N-methyl/N-ethyl adjacent to an activating group) is 1. The summed E-state index contributed by atoms with van der Waals surface area (Å²) < 4.78 is 0. The molecule has 2 N–H and O–H groups in total. The van der Waals surface area contributed by atoms with E-state index in [0.717, 1.165) is 38.3 Å². The molecule has 0 radical (unpaired) electrons. The number of carbonyl (C=O) groups is 1. The van der Waals surface area contributed by atoms with Crippen LogP contribution in [0.3, 0.4) is 0 Å². The lowest BCUT2D eigenvalue weighted by Gasteiger charge is -2.31. The predicted molar refractivity (Wildman–Crippen MR) is 114 cm³/mol. The summed E-state index contributed by atoms with van der Waals surface area (Å²) in [7, 11) is 2.10. The van der Waals surface area contributed by atoms with Gasteiger partial charge in [0, 0.05) is 31.9 Å². The number of carbonyl (C=O) groups excluding carboxylic acids is 1. The number of anilines is 1. The Kier molecular flexibility index (Phi) is 6.92. The van der Waals surface area contributed by atoms with Crippen molar-refractivity contribution in [2.45, 2.75) is 6.42 Å². The number of piperazine rings is 1. The van der Waals surface area contributed by atoms with E-state index in [1.807, 2.05) is 30.3 Å². The normalized spacial score (nSPS) is 15.3. The van der Waals surface area contributed by atoms with E-state index in [9.17, 15) is 4.79 Å². The van der Waals surface area contributed by atoms with E-state index in [4.69, 9.17) is 12.2 Å². The minimum atomic E-state index is -0.0718. The molecule has 1 aliphatic heterocycles. The molecule has 27 heavy (non-hydrogen) atoms. The summed E-state index contributed by atoms with van der Waals surface area (Å²) in [5.41, 5.74) is 3.34. The van der Waals surface area contributed by atoms with Crippen molar-refractivity contribution >= 4 is 28.9 Å². The third-order valence-electron chi connectivity index (χ3n) is 4.65. The second kappa shape index (κ2) is 9.60. The average molecular weight is 383 g/mol. The molecule has 0 spiro atoms. The Bertz CT molecular complexity index is 773. The fraction of sp³-hybridized carbons (Fsp3) is 0.333. The maximum atomic E-state index is 12.2. The summed E-state index contributed by atoms with van der Waals surface area (Å²) in [5, 5.41) is 6.24. The molecule has 2 aromatic rings. The number of thiocarbonyl (C=S) groups is 1. The third-order valence-corrected chi connectivity index (χ3v) is 4.86. The Morgan fingerprint density at radius 1 is 1.00 bits per heavy atom. The van der Waals surface area contributed by atoms with Gasteiger partial charge in [-0.05, 0) is 48.9 Å². The molecule has 3 rings (SSSR count). The van der Waals surface area contributed by atoms with Gasteiger partial charge in [0.15, 0.2) is 5.11 Å². The molecule has 1 heterocycles. The lowest BCUT2D eigenvalue weighted by molar-refractivity contribution is -0.121. The van der Waals surface area contributed by atoms with Gasteiger partial charge in [-0.1, -0.05) is 42.5 Å². The molecule has 1 aliphatic rings. The minimum Gasteiger partial charge on any atom is -0.332 e. The largest absolute Gasteiger partial charge is 0.332 e. The van der Waals surface area contributed by atoms with Crippen molar-refractivity contribution in [2.75, 3.05) is 45.1 Å². The van der Waals surface area contributed by atoms with Crippen LogP contribution < -0.4 is 10.6 Å². The summed E-state index contributed by atoms with van der Waals surface area (Å²) in [4.78, 5) is 16.6. The van der Waals surface area contributed by atoms with Gasteiger partial charge in [-0.15, -0.1) is 0 Å². The number of hydrogen-bond donors (Lipinski definition) is 2. The van der Waals surface area contributed by atoms with Gasteiger partial charge >= 0.3 is 0 Å². The Morgan fingerprint density at radius 2 is 1.70 bits per heavy atom. The van der Waals surface area contributed by atoms with Crippen LogP contribution in [0.25, 0.3) is 0 Å². The topological polar surface area (TPSA) is 47.6 Å². The van der Waals surface area contributed by atoms with E-state index in [1.165, 1.54) is 11.1 Å². The van der Waals surface area contributed by atoms with Crippen LogP contribution in [-0.4, -0.2) is 60.6 Å². The highest BCUT2D eigenvalue weighted by Gasteiger charge is 2.17. The minimum absolute atomic E-state index is 0.0718. The molecule has 0 saturated carbocycles. The SMILES string of the molecule is CN1CCN(CC(=O)NC(=S)Nc2cccc(Cc3ccccc3)c2)CC1. The molecule has 0 aromatic heterocycles. The smallest absolute Gasteiger partial charge is 0.240 e. The van der Waals surface area contributed by atoms with Crippen LogP contribution in [0.15, 0.2) is 54.6 Å². The molecule has 5 nitrogen and oxygen atoms in total. The van der Waals surface area contributed by atoms with E-state index in [2.05, 4.69) is 51.7 Å². The van der Waals surface area contributed by atoms with Crippen LogP contribution in [0.4, 0.5) is 5.69 Å². The maximum absolute atomic E-state index is 12.2. The van der Waals surface area contributed by atoms with E-state index < -0.39 is 0 Å². The highest BCUT2D eigenvalue weighted by Crippen LogP contribution is 2.14. The van der Waals surface area contributed by atoms with E-state index >= 15 is 0 Å². The summed E-state index contributed by atoms with van der Waals surface area (Å²) in [6.07, 6.45) is 0.860. The molecule has 1 amide bonds. The first-order valence-electron chi connectivity index (χ1n) is 9.23. The number of nitrogens with zero attached hydrogens (tertiary/aromatic N) is 2. The number of benzene rings is 2. The lowest BCUT2D eigenvalue weighted by Crippen LogP contribution is -2.49. The van der Waals surface area contributed by atoms with Gasteiger partial charge in [0.1, 0.15) is 0 Å². The first-order chi connectivity index (χ1) is 13.1. The van der Waals surface area contributed by atoms with Crippen LogP contribution in [0.2, 0.25) is 0 Å². The molecule has 6 heteroatoms. The van der Waals surface area contributed by atoms with Gasteiger partial charge < -0.3 is 15.5 Å². The summed E-state index contributed by atoms with van der Waals surface area (Å²) in [6, 6.07) is 18.4. The van der Waals surface area contributed by atoms with Gasteiger partial charge in [-0.3, -0.25) is 9.69 Å². The van der Waals surface area contributed by atoms with Crippen molar-refractivity contribution in [1.29, 1.82) is 0 Å². The molecule has 1 fully saturated rings. The monoisotopic (exact) mass is 382 g/mol. The van der Waals surface area contributed by atoms with Crippen LogP contribution in [0.5, 0.6) is 0 Å². The zero-order chi connectivity index (χ0) is 19.1. The molecule has 0 unspecified atom stereocenters. The highest BCUT2D eigenvalue weighted by atomic mass is 32.1. The maximum Gasteiger partial charge on any atom is 0.240 e.